The molecule has 0 heterocycles. The van der Waals surface area contributed by atoms with Crippen LogP contribution in [0.4, 0.5) is 0 Å². The van der Waals surface area contributed by atoms with Crippen LogP contribution in [0.15, 0.2) is 52.5 Å². The highest BCUT2D eigenvalue weighted by atomic mass is 32.2. The lowest BCUT2D eigenvalue weighted by Crippen LogP contribution is -2.36. The number of carbonyl (C=O) groups is 2. The van der Waals surface area contributed by atoms with Gasteiger partial charge in [0.25, 0.3) is 5.91 Å². The van der Waals surface area contributed by atoms with Crippen LogP contribution < -0.4 is 10.2 Å². The molecular formula is C20H23N3O6S. The number of methoxy groups -OCH3 is 2. The predicted molar refractivity (Wildman–Crippen MR) is 111 cm³/mol. The predicted octanol–water partition coefficient (Wildman–Crippen LogP) is 1.56. The molecule has 0 aliphatic carbocycles. The monoisotopic (exact) mass is 433 g/mol. The van der Waals surface area contributed by atoms with Gasteiger partial charge in [0.2, 0.25) is 10.0 Å². The van der Waals surface area contributed by atoms with E-state index in [2.05, 4.69) is 15.3 Å². The van der Waals surface area contributed by atoms with Crippen LogP contribution in [0.2, 0.25) is 0 Å². The topological polar surface area (TPSA) is 114 Å². The van der Waals surface area contributed by atoms with Crippen molar-refractivity contribution >= 4 is 28.1 Å². The number of nitrogens with one attached hydrogen (secondary N) is 1. The zero-order chi connectivity index (χ0) is 22.3. The molecule has 1 amide bonds. The third-order valence-electron chi connectivity index (χ3n) is 4.11. The molecule has 2 aromatic carbocycles. The number of hydrazone groups is 1. The average molecular weight is 433 g/mol. The molecule has 0 aliphatic rings. The van der Waals surface area contributed by atoms with Gasteiger partial charge < -0.3 is 9.47 Å². The van der Waals surface area contributed by atoms with Crippen molar-refractivity contribution in [2.45, 2.75) is 11.8 Å². The molecule has 9 nitrogen and oxygen atoms in total. The summed E-state index contributed by atoms with van der Waals surface area (Å²) in [6, 6.07) is 11.2. The number of benzene rings is 2. The van der Waals surface area contributed by atoms with Crippen molar-refractivity contribution < 1.29 is 27.5 Å². The number of nitrogens with zero attached hydrogens (tertiary/aromatic N) is 2. The summed E-state index contributed by atoms with van der Waals surface area (Å²) in [5.41, 5.74) is 4.04. The molecule has 0 radical (unpaired) electrons. The molecule has 0 saturated carbocycles. The highest BCUT2D eigenvalue weighted by Gasteiger charge is 2.26. The van der Waals surface area contributed by atoms with E-state index in [9.17, 15) is 18.0 Å². The molecule has 0 aromatic heterocycles. The number of ether oxygens (including phenoxy) is 2. The number of esters is 1. The van der Waals surface area contributed by atoms with Crippen LogP contribution in [0, 0.1) is 6.92 Å². The summed E-state index contributed by atoms with van der Waals surface area (Å²) in [7, 11) is 0.0264. The van der Waals surface area contributed by atoms with Crippen LogP contribution in [0.25, 0.3) is 0 Å². The summed E-state index contributed by atoms with van der Waals surface area (Å²) in [5, 5.41) is 3.81. The van der Waals surface area contributed by atoms with E-state index < -0.39 is 28.4 Å². The zero-order valence-electron chi connectivity index (χ0n) is 17.1. The highest BCUT2D eigenvalue weighted by Crippen LogP contribution is 2.27. The molecule has 0 unspecified atom stereocenters. The van der Waals surface area contributed by atoms with E-state index in [1.165, 1.54) is 33.5 Å². The fourth-order valence-electron chi connectivity index (χ4n) is 2.48. The lowest BCUT2D eigenvalue weighted by Gasteiger charge is -2.18. The molecule has 0 spiro atoms. The molecule has 1 N–H and O–H groups in total. The number of hydrogen-bond acceptors (Lipinski definition) is 7. The fraction of sp³-hybridized carbons (Fsp3) is 0.250. The summed E-state index contributed by atoms with van der Waals surface area (Å²) in [5.74, 6) is -0.877. The number of hydrogen-bond donors (Lipinski definition) is 1. The van der Waals surface area contributed by atoms with Gasteiger partial charge in [0, 0.05) is 7.05 Å². The minimum Gasteiger partial charge on any atom is -0.495 e. The Kier molecular flexibility index (Phi) is 7.67. The molecule has 160 valence electrons. The SMILES string of the molecule is COC(=O)c1ccc(/C=N/NC(=O)CN(C)S(=O)(=O)c2cc(C)ccc2OC)cc1. The Morgan fingerprint density at radius 3 is 2.40 bits per heavy atom. The van der Waals surface area contributed by atoms with Gasteiger partial charge in [-0.3, -0.25) is 4.79 Å². The molecule has 2 aromatic rings. The van der Waals surface area contributed by atoms with Crippen molar-refractivity contribution in [1.82, 2.24) is 9.73 Å². The second kappa shape index (κ2) is 9.99. The smallest absolute Gasteiger partial charge is 0.337 e. The van der Waals surface area contributed by atoms with Gasteiger partial charge in [-0.05, 0) is 42.3 Å². The summed E-state index contributed by atoms with van der Waals surface area (Å²) >= 11 is 0. The third kappa shape index (κ3) is 5.65. The third-order valence-corrected chi connectivity index (χ3v) is 5.93. The first-order valence-corrected chi connectivity index (χ1v) is 10.2. The van der Waals surface area contributed by atoms with Gasteiger partial charge in [0.1, 0.15) is 10.6 Å². The van der Waals surface area contributed by atoms with Crippen LogP contribution in [-0.2, 0) is 19.6 Å². The van der Waals surface area contributed by atoms with Crippen LogP contribution in [0.3, 0.4) is 0 Å². The van der Waals surface area contributed by atoms with Crippen molar-refractivity contribution in [2.75, 3.05) is 27.8 Å². The molecule has 2 rings (SSSR count). The largest absolute Gasteiger partial charge is 0.495 e. The van der Waals surface area contributed by atoms with E-state index in [4.69, 9.17) is 4.74 Å². The number of sulfonamides is 1. The Balaban J connectivity index is 2.01. The number of rotatable bonds is 8. The van der Waals surface area contributed by atoms with Gasteiger partial charge in [0.15, 0.2) is 0 Å². The highest BCUT2D eigenvalue weighted by molar-refractivity contribution is 7.89. The average Bonchev–Trinajstić information content (AvgIpc) is 2.73. The maximum Gasteiger partial charge on any atom is 0.337 e. The van der Waals surface area contributed by atoms with Gasteiger partial charge in [0.05, 0.1) is 32.5 Å². The first kappa shape index (κ1) is 23.0. The van der Waals surface area contributed by atoms with E-state index in [1.807, 2.05) is 0 Å². The molecule has 0 fully saturated rings. The van der Waals surface area contributed by atoms with Gasteiger partial charge in [-0.1, -0.05) is 18.2 Å². The normalized spacial score (nSPS) is 11.5. The maximum atomic E-state index is 12.8. The number of carbonyl (C=O) groups excluding carboxylic acids is 2. The van der Waals surface area contributed by atoms with E-state index >= 15 is 0 Å². The van der Waals surface area contributed by atoms with E-state index in [1.54, 1.807) is 43.3 Å². The molecule has 0 bridgehead atoms. The van der Waals surface area contributed by atoms with Crippen LogP contribution in [0.1, 0.15) is 21.5 Å². The molecule has 0 atom stereocenters. The van der Waals surface area contributed by atoms with Crippen LogP contribution >= 0.6 is 0 Å². The molecular weight excluding hydrogens is 410 g/mol. The summed E-state index contributed by atoms with van der Waals surface area (Å²) in [6.07, 6.45) is 1.37. The Hall–Kier alpha value is -3.24. The van der Waals surface area contributed by atoms with E-state index in [0.717, 1.165) is 9.87 Å². The van der Waals surface area contributed by atoms with Crippen molar-refractivity contribution in [2.24, 2.45) is 5.10 Å². The minimum atomic E-state index is -3.94. The lowest BCUT2D eigenvalue weighted by molar-refractivity contribution is -0.121. The van der Waals surface area contributed by atoms with Gasteiger partial charge >= 0.3 is 5.97 Å². The minimum absolute atomic E-state index is 0.0190. The van der Waals surface area contributed by atoms with Crippen LogP contribution in [0.5, 0.6) is 5.75 Å². The molecule has 0 saturated heterocycles. The first-order valence-electron chi connectivity index (χ1n) is 8.80. The Morgan fingerprint density at radius 2 is 1.80 bits per heavy atom. The van der Waals surface area contributed by atoms with Gasteiger partial charge in [-0.15, -0.1) is 0 Å². The number of aryl methyl sites for hydroxylation is 1. The van der Waals surface area contributed by atoms with Crippen molar-refractivity contribution in [3.8, 4) is 5.75 Å². The molecule has 10 heteroatoms. The second-order valence-electron chi connectivity index (χ2n) is 6.32. The Morgan fingerprint density at radius 1 is 1.13 bits per heavy atom. The van der Waals surface area contributed by atoms with E-state index in [0.29, 0.717) is 11.1 Å². The van der Waals surface area contributed by atoms with Gasteiger partial charge in [-0.25, -0.2) is 18.6 Å². The standard InChI is InChI=1S/C20H23N3O6S/c1-14-5-10-17(28-3)18(11-14)30(26,27)23(2)13-19(24)22-21-12-15-6-8-16(9-7-15)20(25)29-4/h5-12H,13H2,1-4H3,(H,22,24)/b21-12+. The fourth-order valence-corrected chi connectivity index (χ4v) is 3.84. The summed E-state index contributed by atoms with van der Waals surface area (Å²) < 4.78 is 36.3. The Bertz CT molecular complexity index is 1050. The van der Waals surface area contributed by atoms with Crippen molar-refractivity contribution in [1.29, 1.82) is 0 Å². The number of amides is 1. The molecule has 0 aliphatic heterocycles. The van der Waals surface area contributed by atoms with Crippen LogP contribution in [-0.4, -0.2) is 58.6 Å². The zero-order valence-corrected chi connectivity index (χ0v) is 17.9. The summed E-state index contributed by atoms with van der Waals surface area (Å²) in [6.45, 7) is 1.33. The molecule has 30 heavy (non-hydrogen) atoms. The Labute approximate surface area is 175 Å². The van der Waals surface area contributed by atoms with Crippen molar-refractivity contribution in [3.05, 3.63) is 59.2 Å². The van der Waals surface area contributed by atoms with Crippen molar-refractivity contribution in [3.63, 3.8) is 0 Å². The summed E-state index contributed by atoms with van der Waals surface area (Å²) in [4.78, 5) is 23.5. The van der Waals surface area contributed by atoms with Gasteiger partial charge in [-0.2, -0.15) is 9.41 Å². The lowest BCUT2D eigenvalue weighted by atomic mass is 10.1. The first-order chi connectivity index (χ1) is 14.2. The second-order valence-corrected chi connectivity index (χ2v) is 8.34. The quantitative estimate of drug-likeness (QED) is 0.384. The number of likely N-dealkylation sites (N-methyl/N-ethyl adjacent to an activating group) is 1. The maximum absolute atomic E-state index is 12.8. The van der Waals surface area contributed by atoms with E-state index in [-0.39, 0.29) is 10.6 Å².